The Kier molecular flexibility index (Phi) is 4.75. The standard InChI is InChI=1S/C15H17F2N3O2/c1-9(2)20-8-10(6-19-20)15(21)18-7-11-12(16)4-5-13(22-3)14(11)17/h4-6,8-9H,7H2,1-3H3,(H,18,21). The van der Waals surface area contributed by atoms with Gasteiger partial charge in [0, 0.05) is 24.3 Å². The van der Waals surface area contributed by atoms with Crippen LogP contribution in [-0.2, 0) is 6.54 Å². The van der Waals surface area contributed by atoms with Gasteiger partial charge in [-0.2, -0.15) is 5.10 Å². The molecule has 0 atom stereocenters. The van der Waals surface area contributed by atoms with E-state index < -0.39 is 17.5 Å². The number of nitrogens with one attached hydrogen (secondary N) is 1. The Bertz CT molecular complexity index is 683. The molecule has 0 aliphatic rings. The zero-order valence-electron chi connectivity index (χ0n) is 12.6. The minimum Gasteiger partial charge on any atom is -0.494 e. The number of nitrogens with zero attached hydrogens (tertiary/aromatic N) is 2. The number of amides is 1. The first kappa shape index (κ1) is 15.9. The van der Waals surface area contributed by atoms with E-state index in [1.807, 2.05) is 13.8 Å². The van der Waals surface area contributed by atoms with Gasteiger partial charge in [-0.1, -0.05) is 0 Å². The van der Waals surface area contributed by atoms with Crippen molar-refractivity contribution < 1.29 is 18.3 Å². The van der Waals surface area contributed by atoms with Gasteiger partial charge in [0.2, 0.25) is 0 Å². The largest absolute Gasteiger partial charge is 0.494 e. The molecule has 0 unspecified atom stereocenters. The normalized spacial score (nSPS) is 10.8. The van der Waals surface area contributed by atoms with E-state index in [1.54, 1.807) is 10.9 Å². The van der Waals surface area contributed by atoms with Crippen LogP contribution < -0.4 is 10.1 Å². The number of methoxy groups -OCH3 is 1. The van der Waals surface area contributed by atoms with E-state index in [0.29, 0.717) is 5.56 Å². The third-order valence-corrected chi connectivity index (χ3v) is 3.19. The molecule has 7 heteroatoms. The SMILES string of the molecule is COc1ccc(F)c(CNC(=O)c2cnn(C(C)C)c2)c1F. The Hall–Kier alpha value is -2.44. The van der Waals surface area contributed by atoms with E-state index in [1.165, 1.54) is 19.4 Å². The Balaban J connectivity index is 2.11. The molecule has 2 aromatic rings. The Labute approximate surface area is 126 Å². The summed E-state index contributed by atoms with van der Waals surface area (Å²) in [5, 5.41) is 6.51. The number of hydrogen-bond donors (Lipinski definition) is 1. The van der Waals surface area contributed by atoms with Crippen molar-refractivity contribution in [3.05, 3.63) is 47.3 Å². The third-order valence-electron chi connectivity index (χ3n) is 3.19. The van der Waals surface area contributed by atoms with Crippen LogP contribution in [0.25, 0.3) is 0 Å². The number of benzene rings is 1. The lowest BCUT2D eigenvalue weighted by atomic mass is 10.1. The number of halogens is 2. The van der Waals surface area contributed by atoms with Crippen molar-refractivity contribution in [2.45, 2.75) is 26.4 Å². The molecule has 0 bridgehead atoms. The minimum atomic E-state index is -0.819. The molecule has 1 aromatic carbocycles. The first-order chi connectivity index (χ1) is 10.4. The van der Waals surface area contributed by atoms with E-state index >= 15 is 0 Å². The van der Waals surface area contributed by atoms with Gasteiger partial charge in [0.05, 0.1) is 18.9 Å². The van der Waals surface area contributed by atoms with Crippen LogP contribution in [0, 0.1) is 11.6 Å². The zero-order chi connectivity index (χ0) is 16.3. The molecule has 2 rings (SSSR count). The number of hydrogen-bond acceptors (Lipinski definition) is 3. The molecule has 1 N–H and O–H groups in total. The van der Waals surface area contributed by atoms with Crippen LogP contribution in [0.2, 0.25) is 0 Å². The van der Waals surface area contributed by atoms with Crippen molar-refractivity contribution in [2.75, 3.05) is 7.11 Å². The molecule has 0 saturated heterocycles. The predicted molar refractivity (Wildman–Crippen MR) is 76.7 cm³/mol. The lowest BCUT2D eigenvalue weighted by molar-refractivity contribution is 0.0950. The first-order valence-electron chi connectivity index (χ1n) is 6.77. The Morgan fingerprint density at radius 2 is 2.14 bits per heavy atom. The summed E-state index contributed by atoms with van der Waals surface area (Å²) in [4.78, 5) is 12.0. The summed E-state index contributed by atoms with van der Waals surface area (Å²) in [6, 6.07) is 2.41. The highest BCUT2D eigenvalue weighted by atomic mass is 19.1. The average Bonchev–Trinajstić information content (AvgIpc) is 2.97. The lowest BCUT2D eigenvalue weighted by Crippen LogP contribution is -2.23. The van der Waals surface area contributed by atoms with E-state index in [2.05, 4.69) is 10.4 Å². The predicted octanol–water partition coefficient (Wildman–Crippen LogP) is 2.68. The highest BCUT2D eigenvalue weighted by molar-refractivity contribution is 5.93. The van der Waals surface area contributed by atoms with Gasteiger partial charge >= 0.3 is 0 Å². The monoisotopic (exact) mass is 309 g/mol. The fourth-order valence-electron chi connectivity index (χ4n) is 1.90. The van der Waals surface area contributed by atoms with E-state index in [-0.39, 0.29) is 23.9 Å². The second kappa shape index (κ2) is 6.55. The zero-order valence-corrected chi connectivity index (χ0v) is 12.6. The fourth-order valence-corrected chi connectivity index (χ4v) is 1.90. The van der Waals surface area contributed by atoms with E-state index in [9.17, 15) is 13.6 Å². The van der Waals surface area contributed by atoms with Crippen LogP contribution in [0.4, 0.5) is 8.78 Å². The van der Waals surface area contributed by atoms with Crippen LogP contribution in [-0.4, -0.2) is 22.8 Å². The van der Waals surface area contributed by atoms with E-state index in [0.717, 1.165) is 6.07 Å². The molecule has 0 aliphatic heterocycles. The molecule has 0 aliphatic carbocycles. The van der Waals surface area contributed by atoms with Crippen molar-refractivity contribution in [1.82, 2.24) is 15.1 Å². The summed E-state index contributed by atoms with van der Waals surface area (Å²) in [6.45, 7) is 3.58. The molecule has 0 radical (unpaired) electrons. The fraction of sp³-hybridized carbons (Fsp3) is 0.333. The van der Waals surface area contributed by atoms with E-state index in [4.69, 9.17) is 4.74 Å². The molecular formula is C15H17F2N3O2. The van der Waals surface area contributed by atoms with Gasteiger partial charge in [-0.15, -0.1) is 0 Å². The molecule has 0 spiro atoms. The summed E-state index contributed by atoms with van der Waals surface area (Å²) in [5.41, 5.74) is 0.0846. The Morgan fingerprint density at radius 3 is 2.73 bits per heavy atom. The average molecular weight is 309 g/mol. The molecular weight excluding hydrogens is 292 g/mol. The number of carbonyl (C=O) groups is 1. The van der Waals surface area contributed by atoms with Crippen molar-refractivity contribution in [3.63, 3.8) is 0 Å². The molecule has 5 nitrogen and oxygen atoms in total. The van der Waals surface area contributed by atoms with Gasteiger partial charge in [-0.25, -0.2) is 8.78 Å². The van der Waals surface area contributed by atoms with Crippen LogP contribution >= 0.6 is 0 Å². The summed E-state index contributed by atoms with van der Waals surface area (Å²) in [5.74, 6) is -2.08. The van der Waals surface area contributed by atoms with Gasteiger partial charge in [0.1, 0.15) is 5.82 Å². The van der Waals surface area contributed by atoms with Crippen LogP contribution in [0.3, 0.4) is 0 Å². The molecule has 1 aromatic heterocycles. The minimum absolute atomic E-state index is 0.0710. The molecule has 1 heterocycles. The summed E-state index contributed by atoms with van der Waals surface area (Å²) in [7, 11) is 1.29. The highest BCUT2D eigenvalue weighted by Crippen LogP contribution is 2.22. The van der Waals surface area contributed by atoms with Crippen molar-refractivity contribution in [2.24, 2.45) is 0 Å². The smallest absolute Gasteiger partial charge is 0.254 e. The molecule has 0 fully saturated rings. The second-order valence-corrected chi connectivity index (χ2v) is 5.03. The van der Waals surface area contributed by atoms with Crippen LogP contribution in [0.1, 0.15) is 35.8 Å². The maximum absolute atomic E-state index is 14.0. The lowest BCUT2D eigenvalue weighted by Gasteiger charge is -2.09. The maximum atomic E-state index is 14.0. The van der Waals surface area contributed by atoms with Crippen molar-refractivity contribution >= 4 is 5.91 Å². The van der Waals surface area contributed by atoms with Gasteiger partial charge in [-0.05, 0) is 26.0 Å². The topological polar surface area (TPSA) is 56.1 Å². The molecule has 1 amide bonds. The maximum Gasteiger partial charge on any atom is 0.254 e. The molecule has 118 valence electrons. The molecule has 22 heavy (non-hydrogen) atoms. The summed E-state index contributed by atoms with van der Waals surface area (Å²) >= 11 is 0. The van der Waals surface area contributed by atoms with Gasteiger partial charge in [-0.3, -0.25) is 9.48 Å². The van der Waals surface area contributed by atoms with Crippen LogP contribution in [0.5, 0.6) is 5.75 Å². The highest BCUT2D eigenvalue weighted by Gasteiger charge is 2.16. The van der Waals surface area contributed by atoms with Crippen molar-refractivity contribution in [3.8, 4) is 5.75 Å². The summed E-state index contributed by atoms with van der Waals surface area (Å²) < 4.78 is 34.1. The van der Waals surface area contributed by atoms with Gasteiger partial charge in [0.15, 0.2) is 11.6 Å². The quantitative estimate of drug-likeness (QED) is 0.924. The van der Waals surface area contributed by atoms with Crippen LogP contribution in [0.15, 0.2) is 24.5 Å². The first-order valence-corrected chi connectivity index (χ1v) is 6.77. The summed E-state index contributed by atoms with van der Waals surface area (Å²) in [6.07, 6.45) is 2.99. The second-order valence-electron chi connectivity index (χ2n) is 5.03. The molecule has 0 saturated carbocycles. The number of carbonyl (C=O) groups excluding carboxylic acids is 1. The van der Waals surface area contributed by atoms with Gasteiger partial charge in [0.25, 0.3) is 5.91 Å². The number of aromatic nitrogens is 2. The third kappa shape index (κ3) is 3.24. The number of ether oxygens (including phenoxy) is 1. The number of rotatable bonds is 5. The Morgan fingerprint density at radius 1 is 1.41 bits per heavy atom. The van der Waals surface area contributed by atoms with Gasteiger partial charge < -0.3 is 10.1 Å². The van der Waals surface area contributed by atoms with Crippen molar-refractivity contribution in [1.29, 1.82) is 0 Å².